The summed E-state index contributed by atoms with van der Waals surface area (Å²) in [4.78, 5) is 14.0. The van der Waals surface area contributed by atoms with Crippen LogP contribution in [0.5, 0.6) is 0 Å². The number of rotatable bonds is 12. The van der Waals surface area contributed by atoms with Gasteiger partial charge < -0.3 is 23.6 Å². The van der Waals surface area contributed by atoms with Crippen LogP contribution in [0.4, 0.5) is 4.79 Å². The molecule has 10 heteroatoms. The first kappa shape index (κ1) is 27.3. The molecule has 0 aromatic carbocycles. The van der Waals surface area contributed by atoms with Crippen LogP contribution in [0.1, 0.15) is 40.5 Å². The fourth-order valence-electron chi connectivity index (χ4n) is 2.81. The van der Waals surface area contributed by atoms with Crippen LogP contribution in [0.2, 0.25) is 0 Å². The van der Waals surface area contributed by atoms with Crippen molar-refractivity contribution < 1.29 is 28.1 Å². The van der Waals surface area contributed by atoms with Gasteiger partial charge >= 0.3 is 13.8 Å². The third-order valence-electron chi connectivity index (χ3n) is 4.43. The molecule has 1 amide bonds. The van der Waals surface area contributed by atoms with Crippen molar-refractivity contribution in [3.63, 3.8) is 0 Å². The Balaban J connectivity index is 2.43. The molecule has 178 valence electrons. The van der Waals surface area contributed by atoms with Gasteiger partial charge in [0.05, 0.1) is 26.4 Å². The average Bonchev–Trinajstić information content (AvgIpc) is 2.94. The molecule has 0 bridgehead atoms. The van der Waals surface area contributed by atoms with Gasteiger partial charge in [-0.2, -0.15) is 0 Å². The van der Waals surface area contributed by atoms with Crippen LogP contribution >= 0.6 is 7.67 Å². The summed E-state index contributed by atoms with van der Waals surface area (Å²) in [7, 11) is 0.409. The van der Waals surface area contributed by atoms with E-state index in [2.05, 4.69) is 27.7 Å². The quantitative estimate of drug-likeness (QED) is 0.330. The highest BCUT2D eigenvalue weighted by Crippen LogP contribution is 2.53. The fraction of sp³-hybridized carbons (Fsp3) is 0.950. The van der Waals surface area contributed by atoms with E-state index in [4.69, 9.17) is 18.7 Å². The molecule has 0 saturated carbocycles. The van der Waals surface area contributed by atoms with Crippen molar-refractivity contribution in [2.45, 2.75) is 40.5 Å². The zero-order chi connectivity index (χ0) is 22.6. The maximum atomic E-state index is 13.6. The molecular weight excluding hydrogens is 409 g/mol. The van der Waals surface area contributed by atoms with Crippen LogP contribution in [-0.4, -0.2) is 100 Å². The summed E-state index contributed by atoms with van der Waals surface area (Å²) in [5.41, 5.74) is -0.0858. The number of ether oxygens (including phenoxy) is 3. The standard InChI is InChI=1S/C20H42N3O6P/c1-7-13-26-14-15-27-16-17-28-19(24)22-9-8-10-23(12-11-22)30(25,21(5)6)29-18-20(2,3)4/h7-18H2,1-6H3. The fourth-order valence-corrected chi connectivity index (χ4v) is 5.00. The highest BCUT2D eigenvalue weighted by atomic mass is 31.2. The number of hydrogen-bond acceptors (Lipinski definition) is 6. The highest BCUT2D eigenvalue weighted by molar-refractivity contribution is 7.53. The first-order valence-corrected chi connectivity index (χ1v) is 12.4. The molecule has 1 aliphatic rings. The smallest absolute Gasteiger partial charge is 0.409 e. The van der Waals surface area contributed by atoms with Gasteiger partial charge in [-0.05, 0) is 32.4 Å². The zero-order valence-electron chi connectivity index (χ0n) is 19.7. The molecule has 1 rings (SSSR count). The Morgan fingerprint density at radius 3 is 2.20 bits per heavy atom. The van der Waals surface area contributed by atoms with Crippen LogP contribution in [0, 0.1) is 5.41 Å². The SMILES string of the molecule is CCCOCCOCCOC(=O)N1CCCN(P(=O)(OCC(C)(C)C)N(C)C)CC1. The first-order valence-electron chi connectivity index (χ1n) is 10.8. The topological polar surface area (TPSA) is 80.8 Å². The molecule has 1 aliphatic heterocycles. The van der Waals surface area contributed by atoms with Gasteiger partial charge in [-0.1, -0.05) is 27.7 Å². The Kier molecular flexibility index (Phi) is 12.4. The molecule has 1 unspecified atom stereocenters. The van der Waals surface area contributed by atoms with Gasteiger partial charge in [0.25, 0.3) is 0 Å². The molecule has 0 spiro atoms. The van der Waals surface area contributed by atoms with Gasteiger partial charge in [-0.3, -0.25) is 4.57 Å². The normalized spacial score (nSPS) is 18.3. The molecule has 0 aromatic rings. The van der Waals surface area contributed by atoms with Crippen LogP contribution in [0.25, 0.3) is 0 Å². The van der Waals surface area contributed by atoms with E-state index in [1.807, 2.05) is 4.67 Å². The number of hydrogen-bond donors (Lipinski definition) is 0. The van der Waals surface area contributed by atoms with E-state index in [1.54, 1.807) is 23.7 Å². The van der Waals surface area contributed by atoms with E-state index in [1.165, 1.54) is 0 Å². The maximum absolute atomic E-state index is 13.6. The largest absolute Gasteiger partial charge is 0.447 e. The molecule has 9 nitrogen and oxygen atoms in total. The summed E-state index contributed by atoms with van der Waals surface area (Å²) in [6, 6.07) is 0. The van der Waals surface area contributed by atoms with Crippen LogP contribution in [0.15, 0.2) is 0 Å². The van der Waals surface area contributed by atoms with Gasteiger partial charge in [0.15, 0.2) is 0 Å². The van der Waals surface area contributed by atoms with E-state index in [0.29, 0.717) is 59.0 Å². The summed E-state index contributed by atoms with van der Waals surface area (Å²) in [6.07, 6.45) is 1.33. The van der Waals surface area contributed by atoms with Gasteiger partial charge in [-0.15, -0.1) is 0 Å². The van der Waals surface area contributed by atoms with Crippen molar-refractivity contribution >= 4 is 13.8 Å². The summed E-state index contributed by atoms with van der Waals surface area (Å²) in [6.45, 7) is 13.0. The van der Waals surface area contributed by atoms with E-state index < -0.39 is 7.67 Å². The first-order chi connectivity index (χ1) is 14.1. The number of amides is 1. The molecule has 0 aliphatic carbocycles. The third kappa shape index (κ3) is 10.1. The summed E-state index contributed by atoms with van der Waals surface area (Å²) in [5, 5.41) is 0. The second-order valence-corrected chi connectivity index (χ2v) is 11.4. The lowest BCUT2D eigenvalue weighted by Crippen LogP contribution is -2.37. The van der Waals surface area contributed by atoms with Crippen molar-refractivity contribution in [1.29, 1.82) is 0 Å². The van der Waals surface area contributed by atoms with Gasteiger partial charge in [0.1, 0.15) is 6.61 Å². The minimum Gasteiger partial charge on any atom is -0.447 e. The maximum Gasteiger partial charge on any atom is 0.409 e. The highest BCUT2D eigenvalue weighted by Gasteiger charge is 2.37. The second-order valence-electron chi connectivity index (χ2n) is 8.81. The lowest BCUT2D eigenvalue weighted by Gasteiger charge is -2.35. The lowest BCUT2D eigenvalue weighted by atomic mass is 9.99. The average molecular weight is 452 g/mol. The van der Waals surface area contributed by atoms with Crippen LogP contribution < -0.4 is 0 Å². The monoisotopic (exact) mass is 451 g/mol. The lowest BCUT2D eigenvalue weighted by molar-refractivity contribution is 0.0224. The molecule has 30 heavy (non-hydrogen) atoms. The zero-order valence-corrected chi connectivity index (χ0v) is 20.6. The van der Waals surface area contributed by atoms with Crippen LogP contribution in [0.3, 0.4) is 0 Å². The molecule has 1 heterocycles. The van der Waals surface area contributed by atoms with Crippen molar-refractivity contribution in [3.8, 4) is 0 Å². The predicted molar refractivity (Wildman–Crippen MR) is 118 cm³/mol. The Labute approximate surface area is 182 Å². The second kappa shape index (κ2) is 13.7. The molecule has 1 saturated heterocycles. The summed E-state index contributed by atoms with van der Waals surface area (Å²) in [5.74, 6) is 0. The Hall–Kier alpha value is -0.700. The van der Waals surface area contributed by atoms with Crippen LogP contribution in [-0.2, 0) is 23.3 Å². The van der Waals surface area contributed by atoms with E-state index >= 15 is 0 Å². The Bertz CT molecular complexity index is 541. The minimum atomic E-state index is -3.13. The molecule has 0 radical (unpaired) electrons. The number of nitrogens with zero attached hydrogens (tertiary/aromatic N) is 3. The van der Waals surface area contributed by atoms with Crippen molar-refractivity contribution in [2.24, 2.45) is 5.41 Å². The van der Waals surface area contributed by atoms with Gasteiger partial charge in [0.2, 0.25) is 0 Å². The van der Waals surface area contributed by atoms with Crippen molar-refractivity contribution in [2.75, 3.05) is 79.9 Å². The van der Waals surface area contributed by atoms with Crippen molar-refractivity contribution in [1.82, 2.24) is 14.2 Å². The molecule has 1 atom stereocenters. The molecular formula is C20H42N3O6P. The Morgan fingerprint density at radius 2 is 1.60 bits per heavy atom. The summed E-state index contributed by atoms with van der Waals surface area (Å²) < 4.78 is 39.0. The van der Waals surface area contributed by atoms with Gasteiger partial charge in [-0.25, -0.2) is 14.1 Å². The third-order valence-corrected chi connectivity index (χ3v) is 7.02. The molecule has 0 N–H and O–H groups in total. The molecule has 1 fully saturated rings. The number of carbonyl (C=O) groups excluding carboxylic acids is 1. The van der Waals surface area contributed by atoms with Gasteiger partial charge in [0, 0.05) is 32.8 Å². The van der Waals surface area contributed by atoms with E-state index in [9.17, 15) is 9.36 Å². The van der Waals surface area contributed by atoms with E-state index in [-0.39, 0.29) is 18.1 Å². The Morgan fingerprint density at radius 1 is 0.967 bits per heavy atom. The molecule has 0 aromatic heterocycles. The summed E-state index contributed by atoms with van der Waals surface area (Å²) >= 11 is 0. The number of carbonyl (C=O) groups is 1. The minimum absolute atomic E-state index is 0.0858. The predicted octanol–water partition coefficient (Wildman–Crippen LogP) is 3.31. The van der Waals surface area contributed by atoms with Crippen molar-refractivity contribution in [3.05, 3.63) is 0 Å². The van der Waals surface area contributed by atoms with E-state index in [0.717, 1.165) is 13.0 Å².